The van der Waals surface area contributed by atoms with Crippen LogP contribution in [0.15, 0.2) is 18.2 Å². The summed E-state index contributed by atoms with van der Waals surface area (Å²) in [7, 11) is 0. The van der Waals surface area contributed by atoms with Crippen molar-refractivity contribution in [2.75, 3.05) is 6.54 Å². The molecule has 1 aromatic heterocycles. The van der Waals surface area contributed by atoms with Crippen LogP contribution in [-0.2, 0) is 4.79 Å². The smallest absolute Gasteiger partial charge is 0.220 e. The van der Waals surface area contributed by atoms with Gasteiger partial charge in [0.2, 0.25) is 5.91 Å². The van der Waals surface area contributed by atoms with Gasteiger partial charge in [-0.05, 0) is 43.3 Å². The van der Waals surface area contributed by atoms with Crippen molar-refractivity contribution in [2.45, 2.75) is 25.8 Å². The van der Waals surface area contributed by atoms with Crippen LogP contribution in [0, 0.1) is 11.7 Å². The van der Waals surface area contributed by atoms with Gasteiger partial charge in [-0.15, -0.1) is 0 Å². The highest BCUT2D eigenvalue weighted by atomic mass is 32.1. The third kappa shape index (κ3) is 1.84. The second kappa shape index (κ2) is 4.24. The number of rotatable bonds is 1. The fourth-order valence-corrected chi connectivity index (χ4v) is 2.90. The molecule has 0 radical (unpaired) electrons. The number of fused-ring (bicyclic) bond motifs is 1. The van der Waals surface area contributed by atoms with E-state index in [1.807, 2.05) is 0 Å². The number of nitrogens with zero attached hydrogens (tertiary/aromatic N) is 1. The van der Waals surface area contributed by atoms with E-state index in [4.69, 9.17) is 12.2 Å². The summed E-state index contributed by atoms with van der Waals surface area (Å²) in [6, 6.07) is 6.53. The van der Waals surface area contributed by atoms with Crippen molar-refractivity contribution in [3.63, 3.8) is 0 Å². The maximum Gasteiger partial charge on any atom is 0.220 e. The van der Waals surface area contributed by atoms with E-state index in [1.165, 1.54) is 5.56 Å². The van der Waals surface area contributed by atoms with Gasteiger partial charge >= 0.3 is 0 Å². The van der Waals surface area contributed by atoms with Crippen molar-refractivity contribution < 1.29 is 4.79 Å². The van der Waals surface area contributed by atoms with E-state index in [1.54, 1.807) is 0 Å². The second-order valence-corrected chi connectivity index (χ2v) is 5.20. The minimum Gasteiger partial charge on any atom is -0.354 e. The fraction of sp³-hybridized carbons (Fsp3) is 0.385. The largest absolute Gasteiger partial charge is 0.354 e. The van der Waals surface area contributed by atoms with Crippen LogP contribution in [0.5, 0.6) is 0 Å². The van der Waals surface area contributed by atoms with E-state index >= 15 is 0 Å². The normalized spacial score (nSPS) is 20.1. The number of aromatic amines is 1. The van der Waals surface area contributed by atoms with E-state index in [0.717, 1.165) is 22.2 Å². The van der Waals surface area contributed by atoms with Crippen LogP contribution in [-0.4, -0.2) is 22.0 Å². The molecule has 2 heterocycles. The Balaban J connectivity index is 2.08. The molecule has 2 aromatic rings. The van der Waals surface area contributed by atoms with Crippen LogP contribution in [0.3, 0.4) is 0 Å². The lowest BCUT2D eigenvalue weighted by atomic mass is 10.1. The van der Waals surface area contributed by atoms with Crippen molar-refractivity contribution >= 4 is 29.2 Å². The molecule has 1 fully saturated rings. The molecule has 18 heavy (non-hydrogen) atoms. The van der Waals surface area contributed by atoms with E-state index in [9.17, 15) is 4.79 Å². The lowest BCUT2D eigenvalue weighted by Gasteiger charge is -2.24. The Morgan fingerprint density at radius 1 is 1.44 bits per heavy atom. The molecule has 0 aliphatic carbocycles. The van der Waals surface area contributed by atoms with Gasteiger partial charge in [-0.3, -0.25) is 4.79 Å². The first-order valence-electron chi connectivity index (χ1n) is 6.13. The number of hydrogen-bond donors (Lipinski definition) is 2. The number of amides is 1. The van der Waals surface area contributed by atoms with Gasteiger partial charge in [-0.1, -0.05) is 6.07 Å². The number of imidazole rings is 1. The number of nitrogens with one attached hydrogen (secondary N) is 2. The van der Waals surface area contributed by atoms with E-state index in [2.05, 4.69) is 40.0 Å². The van der Waals surface area contributed by atoms with Crippen molar-refractivity contribution in [1.82, 2.24) is 14.9 Å². The Hall–Kier alpha value is -1.62. The molecule has 3 rings (SSSR count). The van der Waals surface area contributed by atoms with Gasteiger partial charge in [0.15, 0.2) is 4.77 Å². The van der Waals surface area contributed by atoms with Crippen LogP contribution in [0.25, 0.3) is 11.0 Å². The van der Waals surface area contributed by atoms with E-state index in [0.29, 0.717) is 13.0 Å². The summed E-state index contributed by atoms with van der Waals surface area (Å²) in [6.07, 6.45) is 1.42. The third-order valence-electron chi connectivity index (χ3n) is 3.48. The standard InChI is InChI=1S/C13H15N3OS/c1-8-2-4-11-10(6-8)15-13(18)16(11)9-3-5-12(17)14-7-9/h2,4,6,9H,3,5,7H2,1H3,(H,14,17)(H,15,18). The van der Waals surface area contributed by atoms with Crippen LogP contribution < -0.4 is 5.32 Å². The molecule has 1 amide bonds. The summed E-state index contributed by atoms with van der Waals surface area (Å²) in [5.41, 5.74) is 3.39. The Morgan fingerprint density at radius 2 is 2.28 bits per heavy atom. The molecule has 1 aliphatic heterocycles. The minimum absolute atomic E-state index is 0.133. The van der Waals surface area contributed by atoms with E-state index in [-0.39, 0.29) is 11.9 Å². The number of carbonyl (C=O) groups is 1. The van der Waals surface area contributed by atoms with Crippen LogP contribution >= 0.6 is 12.2 Å². The van der Waals surface area contributed by atoms with Crippen molar-refractivity contribution in [1.29, 1.82) is 0 Å². The Morgan fingerprint density at radius 3 is 3.00 bits per heavy atom. The van der Waals surface area contributed by atoms with Gasteiger partial charge in [0.1, 0.15) is 0 Å². The highest BCUT2D eigenvalue weighted by Gasteiger charge is 2.21. The molecule has 1 aromatic carbocycles. The first-order chi connectivity index (χ1) is 8.65. The molecule has 2 N–H and O–H groups in total. The minimum atomic E-state index is 0.133. The highest BCUT2D eigenvalue weighted by Crippen LogP contribution is 2.24. The van der Waals surface area contributed by atoms with Crippen LogP contribution in [0.1, 0.15) is 24.4 Å². The number of H-pyrrole nitrogens is 1. The first-order valence-corrected chi connectivity index (χ1v) is 6.53. The van der Waals surface area contributed by atoms with Crippen molar-refractivity contribution in [3.8, 4) is 0 Å². The number of benzene rings is 1. The summed E-state index contributed by atoms with van der Waals surface area (Å²) < 4.78 is 2.86. The van der Waals surface area contributed by atoms with Gasteiger partial charge in [0.05, 0.1) is 17.1 Å². The number of aryl methyl sites for hydroxylation is 1. The molecule has 5 heteroatoms. The number of hydrogen-bond acceptors (Lipinski definition) is 2. The van der Waals surface area contributed by atoms with Crippen molar-refractivity contribution in [2.24, 2.45) is 0 Å². The summed E-state index contributed by atoms with van der Waals surface area (Å²) in [5.74, 6) is 0.133. The van der Waals surface area contributed by atoms with Crippen LogP contribution in [0.4, 0.5) is 0 Å². The van der Waals surface area contributed by atoms with E-state index < -0.39 is 0 Å². The molecule has 1 unspecified atom stereocenters. The van der Waals surface area contributed by atoms with Crippen molar-refractivity contribution in [3.05, 3.63) is 28.5 Å². The zero-order chi connectivity index (χ0) is 12.7. The summed E-state index contributed by atoms with van der Waals surface area (Å²) in [6.45, 7) is 2.72. The third-order valence-corrected chi connectivity index (χ3v) is 3.78. The average Bonchev–Trinajstić information content (AvgIpc) is 2.65. The maximum atomic E-state index is 11.2. The molecule has 0 spiro atoms. The topological polar surface area (TPSA) is 49.8 Å². The van der Waals surface area contributed by atoms with Gasteiger partial charge in [0.25, 0.3) is 0 Å². The van der Waals surface area contributed by atoms with Gasteiger partial charge < -0.3 is 14.9 Å². The lowest BCUT2D eigenvalue weighted by molar-refractivity contribution is -0.122. The Bertz CT molecular complexity index is 660. The highest BCUT2D eigenvalue weighted by molar-refractivity contribution is 7.71. The van der Waals surface area contributed by atoms with Gasteiger partial charge in [-0.25, -0.2) is 0 Å². The molecule has 1 aliphatic rings. The molecule has 94 valence electrons. The number of aromatic nitrogens is 2. The van der Waals surface area contributed by atoms with Gasteiger partial charge in [0, 0.05) is 13.0 Å². The SMILES string of the molecule is Cc1ccc2c(c1)[nH]c(=S)n2C1CCC(=O)NC1. The van der Waals surface area contributed by atoms with Crippen LogP contribution in [0.2, 0.25) is 0 Å². The summed E-state index contributed by atoms with van der Waals surface area (Å²) in [4.78, 5) is 14.5. The fourth-order valence-electron chi connectivity index (χ4n) is 2.55. The zero-order valence-electron chi connectivity index (χ0n) is 10.2. The Labute approximate surface area is 110 Å². The second-order valence-electron chi connectivity index (χ2n) is 4.82. The molecular weight excluding hydrogens is 246 g/mol. The van der Waals surface area contributed by atoms with Gasteiger partial charge in [-0.2, -0.15) is 0 Å². The molecule has 1 saturated heterocycles. The number of carbonyl (C=O) groups excluding carboxylic acids is 1. The summed E-state index contributed by atoms with van der Waals surface area (Å²) in [5, 5.41) is 2.90. The lowest BCUT2D eigenvalue weighted by Crippen LogP contribution is -2.36. The summed E-state index contributed by atoms with van der Waals surface area (Å²) >= 11 is 5.40. The maximum absolute atomic E-state index is 11.2. The quantitative estimate of drug-likeness (QED) is 0.775. The zero-order valence-corrected chi connectivity index (χ0v) is 11.0. The molecule has 0 saturated carbocycles. The monoisotopic (exact) mass is 261 g/mol. The first kappa shape index (κ1) is 11.5. The average molecular weight is 261 g/mol. The molecular formula is C13H15N3OS. The molecule has 1 atom stereocenters. The number of piperidine rings is 1. The molecule has 4 nitrogen and oxygen atoms in total. The Kier molecular flexibility index (Phi) is 2.70. The molecule has 0 bridgehead atoms. The predicted octanol–water partition coefficient (Wildman–Crippen LogP) is 2.46. The predicted molar refractivity (Wildman–Crippen MR) is 73.1 cm³/mol.